The summed E-state index contributed by atoms with van der Waals surface area (Å²) in [7, 11) is -3.86. The van der Waals surface area contributed by atoms with Crippen molar-refractivity contribution in [3.63, 3.8) is 0 Å². The van der Waals surface area contributed by atoms with Crippen LogP contribution in [0.2, 0.25) is 5.02 Å². The number of sulfonamides is 1. The van der Waals surface area contributed by atoms with E-state index in [1.165, 1.54) is 12.3 Å². The molecule has 0 aliphatic heterocycles. The molecule has 1 aromatic carbocycles. The zero-order valence-corrected chi connectivity index (χ0v) is 16.0. The summed E-state index contributed by atoms with van der Waals surface area (Å²) in [4.78, 5) is 16.3. The molecule has 1 heterocycles. The van der Waals surface area contributed by atoms with Crippen molar-refractivity contribution in [2.75, 3.05) is 6.54 Å². The molecule has 6 nitrogen and oxygen atoms in total. The van der Waals surface area contributed by atoms with Gasteiger partial charge in [-0.05, 0) is 36.8 Å². The first-order chi connectivity index (χ1) is 12.2. The number of thiocarbonyl (C=S) groups is 1. The minimum absolute atomic E-state index is 0.0503. The van der Waals surface area contributed by atoms with Gasteiger partial charge in [-0.3, -0.25) is 9.78 Å². The van der Waals surface area contributed by atoms with E-state index in [1.54, 1.807) is 13.0 Å². The summed E-state index contributed by atoms with van der Waals surface area (Å²) in [6, 6.07) is 6.18. The van der Waals surface area contributed by atoms with Crippen LogP contribution in [-0.4, -0.2) is 30.7 Å². The Bertz CT molecular complexity index is 934. The largest absolute Gasteiger partial charge is 0.346 e. The summed E-state index contributed by atoms with van der Waals surface area (Å²) >= 11 is 10.5. The smallest absolute Gasteiger partial charge is 0.270 e. The summed E-state index contributed by atoms with van der Waals surface area (Å²) in [5, 5.41) is 2.33. The molecule has 2 aromatic rings. The van der Waals surface area contributed by atoms with Crippen molar-refractivity contribution >= 4 is 44.6 Å². The molecule has 0 atom stereocenters. The second-order valence-electron chi connectivity index (χ2n) is 5.34. The third-order valence-electron chi connectivity index (χ3n) is 3.22. The van der Waals surface area contributed by atoms with Gasteiger partial charge in [0.2, 0.25) is 10.0 Å². The SMILES string of the molecule is CC(=S)CNC(=O)c1ccc(CNS(=O)(=O)c2ccc(F)c(Cl)c2)cn1. The van der Waals surface area contributed by atoms with Gasteiger partial charge < -0.3 is 5.32 Å². The van der Waals surface area contributed by atoms with Crippen LogP contribution < -0.4 is 10.0 Å². The molecular formula is C16H15ClFN3O3S2. The van der Waals surface area contributed by atoms with Crippen LogP contribution in [0.25, 0.3) is 0 Å². The molecule has 10 heteroatoms. The molecule has 138 valence electrons. The number of nitrogens with zero attached hydrogens (tertiary/aromatic N) is 1. The van der Waals surface area contributed by atoms with E-state index in [1.807, 2.05) is 0 Å². The number of pyridine rings is 1. The van der Waals surface area contributed by atoms with E-state index < -0.39 is 15.8 Å². The summed E-state index contributed by atoms with van der Waals surface area (Å²) in [6.45, 7) is 1.94. The van der Waals surface area contributed by atoms with Gasteiger partial charge in [0.25, 0.3) is 5.91 Å². The van der Waals surface area contributed by atoms with E-state index in [0.717, 1.165) is 18.2 Å². The molecule has 0 saturated heterocycles. The standard InChI is InChI=1S/C16H15ClFN3O3S2/c1-10(25)7-20-16(22)15-5-2-11(8-19-15)9-21-26(23,24)12-3-4-14(18)13(17)6-12/h2-6,8,21H,7,9H2,1H3,(H,20,22). The summed E-state index contributed by atoms with van der Waals surface area (Å²) < 4.78 is 39.9. The first-order valence-electron chi connectivity index (χ1n) is 7.36. The van der Waals surface area contributed by atoms with Gasteiger partial charge in [0.15, 0.2) is 0 Å². The summed E-state index contributed by atoms with van der Waals surface area (Å²) in [6.07, 6.45) is 1.39. The molecule has 0 radical (unpaired) electrons. The molecule has 0 aliphatic rings. The highest BCUT2D eigenvalue weighted by atomic mass is 35.5. The lowest BCUT2D eigenvalue weighted by Gasteiger charge is -2.08. The van der Waals surface area contributed by atoms with Gasteiger partial charge in [-0.15, -0.1) is 0 Å². The minimum Gasteiger partial charge on any atom is -0.346 e. The number of rotatable bonds is 7. The minimum atomic E-state index is -3.86. The van der Waals surface area contributed by atoms with Crippen LogP contribution in [0.5, 0.6) is 0 Å². The molecule has 1 aromatic heterocycles. The number of aromatic nitrogens is 1. The average Bonchev–Trinajstić information content (AvgIpc) is 2.60. The van der Waals surface area contributed by atoms with Crippen molar-refractivity contribution in [3.05, 3.63) is 58.6 Å². The van der Waals surface area contributed by atoms with Gasteiger partial charge in [0.05, 0.1) is 9.92 Å². The molecule has 2 N–H and O–H groups in total. The van der Waals surface area contributed by atoms with E-state index in [9.17, 15) is 17.6 Å². The van der Waals surface area contributed by atoms with E-state index in [4.69, 9.17) is 23.8 Å². The number of hydrogen-bond donors (Lipinski definition) is 2. The number of carbonyl (C=O) groups excluding carboxylic acids is 1. The fourth-order valence-electron chi connectivity index (χ4n) is 1.86. The van der Waals surface area contributed by atoms with Crippen LogP contribution in [0.4, 0.5) is 4.39 Å². The predicted octanol–water partition coefficient (Wildman–Crippen LogP) is 2.47. The fourth-order valence-corrected chi connectivity index (χ4v) is 3.23. The Hall–Kier alpha value is -1.94. The summed E-state index contributed by atoms with van der Waals surface area (Å²) in [5.74, 6) is -1.07. The predicted molar refractivity (Wildman–Crippen MR) is 100 cm³/mol. The lowest BCUT2D eigenvalue weighted by atomic mass is 10.2. The molecule has 0 aliphatic carbocycles. The highest BCUT2D eigenvalue weighted by molar-refractivity contribution is 7.89. The summed E-state index contributed by atoms with van der Waals surface area (Å²) in [5.41, 5.74) is 0.738. The quantitative estimate of drug-likeness (QED) is 0.678. The van der Waals surface area contributed by atoms with Crippen molar-refractivity contribution in [3.8, 4) is 0 Å². The molecule has 1 amide bonds. The number of halogens is 2. The maximum absolute atomic E-state index is 13.1. The van der Waals surface area contributed by atoms with Gasteiger partial charge in [-0.1, -0.05) is 29.9 Å². The normalized spacial score (nSPS) is 11.2. The Kier molecular flexibility index (Phi) is 6.76. The van der Waals surface area contributed by atoms with Crippen molar-refractivity contribution in [2.45, 2.75) is 18.4 Å². The first kappa shape index (κ1) is 20.4. The molecule has 0 unspecified atom stereocenters. The van der Waals surface area contributed by atoms with Crippen LogP contribution in [-0.2, 0) is 16.6 Å². The second-order valence-corrected chi connectivity index (χ2v) is 8.21. The third-order valence-corrected chi connectivity index (χ3v) is 5.06. The zero-order valence-electron chi connectivity index (χ0n) is 13.6. The number of nitrogens with one attached hydrogen (secondary N) is 2. The lowest BCUT2D eigenvalue weighted by molar-refractivity contribution is 0.0954. The Morgan fingerprint density at radius 2 is 2.04 bits per heavy atom. The zero-order chi connectivity index (χ0) is 19.3. The van der Waals surface area contributed by atoms with Crippen molar-refractivity contribution < 1.29 is 17.6 Å². The van der Waals surface area contributed by atoms with Crippen LogP contribution in [0.1, 0.15) is 23.0 Å². The number of carbonyl (C=O) groups is 1. The maximum Gasteiger partial charge on any atom is 0.270 e. The Morgan fingerprint density at radius 3 is 2.62 bits per heavy atom. The van der Waals surface area contributed by atoms with Crippen LogP contribution in [0.3, 0.4) is 0 Å². The lowest BCUT2D eigenvalue weighted by Crippen LogP contribution is -2.28. The van der Waals surface area contributed by atoms with Crippen molar-refractivity contribution in [1.29, 1.82) is 0 Å². The fraction of sp³-hybridized carbons (Fsp3) is 0.188. The van der Waals surface area contributed by atoms with E-state index in [0.29, 0.717) is 10.4 Å². The van der Waals surface area contributed by atoms with Gasteiger partial charge in [0, 0.05) is 24.2 Å². The third kappa shape index (κ3) is 5.53. The van der Waals surface area contributed by atoms with Crippen LogP contribution >= 0.6 is 23.8 Å². The molecule has 26 heavy (non-hydrogen) atoms. The second kappa shape index (κ2) is 8.63. The molecule has 2 rings (SSSR count). The van der Waals surface area contributed by atoms with Gasteiger partial charge in [-0.25, -0.2) is 17.5 Å². The van der Waals surface area contributed by atoms with E-state index in [2.05, 4.69) is 15.0 Å². The number of amides is 1. The Balaban J connectivity index is 2.01. The molecular weight excluding hydrogens is 401 g/mol. The van der Waals surface area contributed by atoms with Gasteiger partial charge in [0.1, 0.15) is 11.5 Å². The monoisotopic (exact) mass is 415 g/mol. The highest BCUT2D eigenvalue weighted by Crippen LogP contribution is 2.19. The van der Waals surface area contributed by atoms with Crippen LogP contribution in [0, 0.1) is 5.82 Å². The first-order valence-corrected chi connectivity index (χ1v) is 9.63. The topological polar surface area (TPSA) is 88.2 Å². The van der Waals surface area contributed by atoms with E-state index in [-0.39, 0.29) is 34.6 Å². The van der Waals surface area contributed by atoms with E-state index >= 15 is 0 Å². The molecule has 0 fully saturated rings. The molecule has 0 saturated carbocycles. The number of benzene rings is 1. The van der Waals surface area contributed by atoms with Gasteiger partial charge >= 0.3 is 0 Å². The Labute approximate surface area is 160 Å². The number of hydrogen-bond acceptors (Lipinski definition) is 5. The molecule has 0 spiro atoms. The maximum atomic E-state index is 13.1. The average molecular weight is 416 g/mol. The molecule has 0 bridgehead atoms. The van der Waals surface area contributed by atoms with Crippen LogP contribution in [0.15, 0.2) is 41.4 Å². The van der Waals surface area contributed by atoms with Gasteiger partial charge in [-0.2, -0.15) is 0 Å². The highest BCUT2D eigenvalue weighted by Gasteiger charge is 2.16. The van der Waals surface area contributed by atoms with Crippen molar-refractivity contribution in [2.24, 2.45) is 0 Å². The van der Waals surface area contributed by atoms with Crippen molar-refractivity contribution in [1.82, 2.24) is 15.0 Å². The Morgan fingerprint density at radius 1 is 1.31 bits per heavy atom.